The predicted molar refractivity (Wildman–Crippen MR) is 80.4 cm³/mol. The summed E-state index contributed by atoms with van der Waals surface area (Å²) in [5.41, 5.74) is -0.451. The highest BCUT2D eigenvalue weighted by atomic mass is 16.5. The summed E-state index contributed by atoms with van der Waals surface area (Å²) < 4.78 is 5.48. The monoisotopic (exact) mass is 292 g/mol. The molecule has 21 heavy (non-hydrogen) atoms. The number of ether oxygens (including phenoxy) is 1. The summed E-state index contributed by atoms with van der Waals surface area (Å²) in [6, 6.07) is 5.12. The Hall–Kier alpha value is -1.62. The molecule has 0 unspecified atom stereocenters. The van der Waals surface area contributed by atoms with Crippen molar-refractivity contribution in [2.75, 3.05) is 6.54 Å². The molecule has 0 bridgehead atoms. The Morgan fingerprint density at radius 2 is 2.10 bits per heavy atom. The normalized spacial score (nSPS) is 17.5. The number of hydrogen-bond acceptors (Lipinski definition) is 4. The van der Waals surface area contributed by atoms with Crippen LogP contribution in [0.4, 0.5) is 0 Å². The van der Waals surface area contributed by atoms with Gasteiger partial charge in [0, 0.05) is 12.6 Å². The third-order valence-electron chi connectivity index (χ3n) is 3.67. The molecule has 1 saturated carbocycles. The standard InChI is InChI=1S/C16H24N2O3/c1-12(2)21-14-8-6-7-13(18-14)15(19)17-11-16(20)9-4-3-5-10-16/h6-8,12,20H,3-5,9-11H2,1-2H3,(H,17,19). The van der Waals surface area contributed by atoms with Gasteiger partial charge in [-0.15, -0.1) is 0 Å². The first-order chi connectivity index (χ1) is 9.98. The van der Waals surface area contributed by atoms with E-state index in [1.54, 1.807) is 18.2 Å². The van der Waals surface area contributed by atoms with Crippen molar-refractivity contribution in [3.05, 3.63) is 23.9 Å². The topological polar surface area (TPSA) is 71.5 Å². The third-order valence-corrected chi connectivity index (χ3v) is 3.67. The molecule has 0 atom stereocenters. The van der Waals surface area contributed by atoms with Gasteiger partial charge in [-0.05, 0) is 32.8 Å². The Balaban J connectivity index is 1.93. The quantitative estimate of drug-likeness (QED) is 0.873. The zero-order chi connectivity index (χ0) is 15.3. The summed E-state index contributed by atoms with van der Waals surface area (Å²) in [4.78, 5) is 16.3. The number of nitrogens with one attached hydrogen (secondary N) is 1. The predicted octanol–water partition coefficient (Wildman–Crippen LogP) is 2.29. The summed E-state index contributed by atoms with van der Waals surface area (Å²) in [6.45, 7) is 4.10. The molecule has 1 aromatic heterocycles. The minimum atomic E-state index is -0.764. The minimum Gasteiger partial charge on any atom is -0.475 e. The van der Waals surface area contributed by atoms with Crippen molar-refractivity contribution in [3.8, 4) is 5.88 Å². The largest absolute Gasteiger partial charge is 0.475 e. The zero-order valence-electron chi connectivity index (χ0n) is 12.8. The lowest BCUT2D eigenvalue weighted by atomic mass is 9.85. The van der Waals surface area contributed by atoms with Crippen LogP contribution in [0, 0.1) is 0 Å². The highest BCUT2D eigenvalue weighted by Gasteiger charge is 2.29. The van der Waals surface area contributed by atoms with E-state index in [1.165, 1.54) is 0 Å². The van der Waals surface area contributed by atoms with Gasteiger partial charge in [-0.25, -0.2) is 4.98 Å². The van der Waals surface area contributed by atoms with Gasteiger partial charge in [0.2, 0.25) is 5.88 Å². The minimum absolute atomic E-state index is 0.0127. The van der Waals surface area contributed by atoms with E-state index in [4.69, 9.17) is 4.74 Å². The molecule has 0 spiro atoms. The van der Waals surface area contributed by atoms with Crippen LogP contribution in [0.1, 0.15) is 56.4 Å². The van der Waals surface area contributed by atoms with Crippen molar-refractivity contribution in [1.82, 2.24) is 10.3 Å². The van der Waals surface area contributed by atoms with Crippen LogP contribution in [0.3, 0.4) is 0 Å². The van der Waals surface area contributed by atoms with Crippen LogP contribution in [0.2, 0.25) is 0 Å². The van der Waals surface area contributed by atoms with Gasteiger partial charge >= 0.3 is 0 Å². The van der Waals surface area contributed by atoms with Gasteiger partial charge in [0.1, 0.15) is 5.69 Å². The molecule has 1 aromatic rings. The highest BCUT2D eigenvalue weighted by Crippen LogP contribution is 2.27. The van der Waals surface area contributed by atoms with Gasteiger partial charge in [0.05, 0.1) is 11.7 Å². The first kappa shape index (κ1) is 15.8. The van der Waals surface area contributed by atoms with Gasteiger partial charge in [-0.3, -0.25) is 4.79 Å². The van der Waals surface area contributed by atoms with Crippen molar-refractivity contribution in [3.63, 3.8) is 0 Å². The first-order valence-electron chi connectivity index (χ1n) is 7.63. The molecule has 2 rings (SSSR count). The van der Waals surface area contributed by atoms with E-state index in [-0.39, 0.29) is 18.6 Å². The maximum Gasteiger partial charge on any atom is 0.270 e. The van der Waals surface area contributed by atoms with Crippen molar-refractivity contribution < 1.29 is 14.6 Å². The van der Waals surface area contributed by atoms with E-state index in [0.29, 0.717) is 11.6 Å². The Morgan fingerprint density at radius 3 is 2.76 bits per heavy atom. The third kappa shape index (κ3) is 4.70. The fourth-order valence-electron chi connectivity index (χ4n) is 2.57. The van der Waals surface area contributed by atoms with Crippen molar-refractivity contribution in [2.24, 2.45) is 0 Å². The maximum atomic E-state index is 12.1. The van der Waals surface area contributed by atoms with E-state index in [2.05, 4.69) is 10.3 Å². The van der Waals surface area contributed by atoms with E-state index in [9.17, 15) is 9.90 Å². The molecule has 1 heterocycles. The molecule has 1 aliphatic rings. The van der Waals surface area contributed by atoms with Crippen molar-refractivity contribution in [1.29, 1.82) is 0 Å². The van der Waals surface area contributed by atoms with Crippen LogP contribution in [0.5, 0.6) is 5.88 Å². The molecule has 1 fully saturated rings. The lowest BCUT2D eigenvalue weighted by molar-refractivity contribution is 0.00521. The second-order valence-corrected chi connectivity index (χ2v) is 6.00. The fraction of sp³-hybridized carbons (Fsp3) is 0.625. The van der Waals surface area contributed by atoms with Gasteiger partial charge in [-0.1, -0.05) is 25.3 Å². The molecule has 5 heteroatoms. The molecule has 116 valence electrons. The number of aliphatic hydroxyl groups is 1. The number of carbonyl (C=O) groups is 1. The lowest BCUT2D eigenvalue weighted by Crippen LogP contribution is -2.44. The van der Waals surface area contributed by atoms with Gasteiger partial charge < -0.3 is 15.2 Å². The highest BCUT2D eigenvalue weighted by molar-refractivity contribution is 5.92. The Kier molecular flexibility index (Phi) is 5.17. The van der Waals surface area contributed by atoms with Gasteiger partial charge in [0.15, 0.2) is 0 Å². The Morgan fingerprint density at radius 1 is 1.38 bits per heavy atom. The molecule has 0 radical (unpaired) electrons. The van der Waals surface area contributed by atoms with E-state index in [1.807, 2.05) is 13.8 Å². The van der Waals surface area contributed by atoms with Crippen LogP contribution >= 0.6 is 0 Å². The zero-order valence-corrected chi connectivity index (χ0v) is 12.8. The van der Waals surface area contributed by atoms with Crippen LogP contribution < -0.4 is 10.1 Å². The van der Waals surface area contributed by atoms with Gasteiger partial charge in [0.25, 0.3) is 5.91 Å². The summed E-state index contributed by atoms with van der Waals surface area (Å²) in [5.74, 6) is 0.164. The number of amides is 1. The second-order valence-electron chi connectivity index (χ2n) is 6.00. The first-order valence-corrected chi connectivity index (χ1v) is 7.63. The Labute approximate surface area is 125 Å². The van der Waals surface area contributed by atoms with Crippen molar-refractivity contribution in [2.45, 2.75) is 57.7 Å². The molecule has 0 saturated heterocycles. The lowest BCUT2D eigenvalue weighted by Gasteiger charge is -2.32. The van der Waals surface area contributed by atoms with Crippen LogP contribution in [0.15, 0.2) is 18.2 Å². The summed E-state index contributed by atoms with van der Waals surface area (Å²) in [6.07, 6.45) is 4.70. The van der Waals surface area contributed by atoms with Crippen LogP contribution in [-0.4, -0.2) is 34.2 Å². The van der Waals surface area contributed by atoms with Gasteiger partial charge in [-0.2, -0.15) is 0 Å². The fourth-order valence-corrected chi connectivity index (χ4v) is 2.57. The van der Waals surface area contributed by atoms with E-state index < -0.39 is 5.60 Å². The molecular formula is C16H24N2O3. The number of rotatable bonds is 5. The summed E-state index contributed by atoms with van der Waals surface area (Å²) in [5, 5.41) is 13.2. The van der Waals surface area contributed by atoms with Crippen molar-refractivity contribution >= 4 is 5.91 Å². The SMILES string of the molecule is CC(C)Oc1cccc(C(=O)NCC2(O)CCCCC2)n1. The smallest absolute Gasteiger partial charge is 0.270 e. The number of pyridine rings is 1. The molecule has 2 N–H and O–H groups in total. The van der Waals surface area contributed by atoms with E-state index >= 15 is 0 Å². The average molecular weight is 292 g/mol. The van der Waals surface area contributed by atoms with Crippen LogP contribution in [-0.2, 0) is 0 Å². The number of hydrogen-bond donors (Lipinski definition) is 2. The maximum absolute atomic E-state index is 12.1. The second kappa shape index (κ2) is 6.89. The number of aromatic nitrogens is 1. The summed E-state index contributed by atoms with van der Waals surface area (Å²) in [7, 11) is 0. The molecule has 1 aliphatic carbocycles. The molecule has 0 aromatic carbocycles. The number of carbonyl (C=O) groups excluding carboxylic acids is 1. The summed E-state index contributed by atoms with van der Waals surface area (Å²) >= 11 is 0. The average Bonchev–Trinajstić information content (AvgIpc) is 2.45. The molecular weight excluding hydrogens is 268 g/mol. The van der Waals surface area contributed by atoms with Crippen LogP contribution in [0.25, 0.3) is 0 Å². The Bertz CT molecular complexity index is 482. The molecule has 1 amide bonds. The molecule has 0 aliphatic heterocycles. The number of nitrogens with zero attached hydrogens (tertiary/aromatic N) is 1. The molecule has 5 nitrogen and oxygen atoms in total. The van der Waals surface area contributed by atoms with E-state index in [0.717, 1.165) is 32.1 Å².